The van der Waals surface area contributed by atoms with Gasteiger partial charge in [-0.15, -0.1) is 0 Å². The number of carbonyl (C=O) groups is 1. The van der Waals surface area contributed by atoms with Crippen LogP contribution in [-0.2, 0) is 0 Å². The van der Waals surface area contributed by atoms with E-state index in [1.165, 1.54) is 32.1 Å². The largest absolute Gasteiger partial charge is 0.494 e. The van der Waals surface area contributed by atoms with Crippen molar-refractivity contribution in [3.63, 3.8) is 0 Å². The molecule has 0 aliphatic carbocycles. The standard InChI is InChI=1S/C27H31N3O3/c1-3-4-5-6-7-8-19-32-24-11-9-22(10-12-24)27(31)33-25-13-14-26(21(2)20-25)30-29-23-15-17-28-18-16-23/h9-18,20H,3-8,19H2,1-2H3. The van der Waals surface area contributed by atoms with Crippen molar-refractivity contribution in [1.82, 2.24) is 4.98 Å². The number of aryl methyl sites for hydroxylation is 1. The van der Waals surface area contributed by atoms with Crippen molar-refractivity contribution in [2.24, 2.45) is 10.2 Å². The molecule has 0 aliphatic heterocycles. The van der Waals surface area contributed by atoms with Crippen LogP contribution < -0.4 is 9.47 Å². The highest BCUT2D eigenvalue weighted by Gasteiger charge is 2.10. The maximum Gasteiger partial charge on any atom is 0.343 e. The Hall–Kier alpha value is -3.54. The second-order valence-electron chi connectivity index (χ2n) is 7.88. The highest BCUT2D eigenvalue weighted by atomic mass is 16.5. The average molecular weight is 446 g/mol. The fourth-order valence-corrected chi connectivity index (χ4v) is 3.25. The number of benzene rings is 2. The van der Waals surface area contributed by atoms with Gasteiger partial charge in [0.25, 0.3) is 0 Å². The van der Waals surface area contributed by atoms with Crippen LogP contribution in [0.3, 0.4) is 0 Å². The summed E-state index contributed by atoms with van der Waals surface area (Å²) >= 11 is 0. The fraction of sp³-hybridized carbons (Fsp3) is 0.333. The first-order chi connectivity index (χ1) is 16.2. The number of esters is 1. The summed E-state index contributed by atoms with van der Waals surface area (Å²) in [6, 6.07) is 15.9. The van der Waals surface area contributed by atoms with Crippen LogP contribution in [0.5, 0.6) is 11.5 Å². The zero-order chi connectivity index (χ0) is 23.3. The van der Waals surface area contributed by atoms with Gasteiger partial charge in [-0.05, 0) is 73.5 Å². The van der Waals surface area contributed by atoms with E-state index >= 15 is 0 Å². The highest BCUT2D eigenvalue weighted by molar-refractivity contribution is 5.91. The maximum absolute atomic E-state index is 12.5. The third-order valence-electron chi connectivity index (χ3n) is 5.17. The van der Waals surface area contributed by atoms with Crippen molar-refractivity contribution in [1.29, 1.82) is 0 Å². The van der Waals surface area contributed by atoms with Gasteiger partial charge in [0.2, 0.25) is 0 Å². The van der Waals surface area contributed by atoms with Crippen LogP contribution >= 0.6 is 0 Å². The van der Waals surface area contributed by atoms with Gasteiger partial charge in [-0.1, -0.05) is 39.0 Å². The van der Waals surface area contributed by atoms with Crippen LogP contribution in [-0.4, -0.2) is 17.6 Å². The topological polar surface area (TPSA) is 73.1 Å². The van der Waals surface area contributed by atoms with Crippen LogP contribution in [0.1, 0.15) is 61.4 Å². The molecular weight excluding hydrogens is 414 g/mol. The lowest BCUT2D eigenvalue weighted by Crippen LogP contribution is -2.08. The van der Waals surface area contributed by atoms with Gasteiger partial charge in [-0.2, -0.15) is 10.2 Å². The molecule has 0 N–H and O–H groups in total. The molecular formula is C27H31N3O3. The number of unbranched alkanes of at least 4 members (excludes halogenated alkanes) is 5. The number of nitrogens with zero attached hydrogens (tertiary/aromatic N) is 3. The number of rotatable bonds is 12. The van der Waals surface area contributed by atoms with Gasteiger partial charge in [0.1, 0.15) is 11.5 Å². The van der Waals surface area contributed by atoms with Crippen molar-refractivity contribution in [2.45, 2.75) is 52.4 Å². The molecule has 6 heteroatoms. The van der Waals surface area contributed by atoms with E-state index in [0.717, 1.165) is 23.4 Å². The van der Waals surface area contributed by atoms with E-state index in [0.29, 0.717) is 23.6 Å². The number of hydrogen-bond acceptors (Lipinski definition) is 6. The van der Waals surface area contributed by atoms with Gasteiger partial charge < -0.3 is 9.47 Å². The Morgan fingerprint density at radius 2 is 1.55 bits per heavy atom. The van der Waals surface area contributed by atoms with Gasteiger partial charge >= 0.3 is 5.97 Å². The quantitative estimate of drug-likeness (QED) is 0.124. The summed E-state index contributed by atoms with van der Waals surface area (Å²) in [4.78, 5) is 16.5. The maximum atomic E-state index is 12.5. The summed E-state index contributed by atoms with van der Waals surface area (Å²) in [5.74, 6) is 0.812. The summed E-state index contributed by atoms with van der Waals surface area (Å²) in [7, 11) is 0. The molecule has 0 unspecified atom stereocenters. The average Bonchev–Trinajstić information content (AvgIpc) is 2.84. The Bertz CT molecular complexity index is 1030. The second-order valence-corrected chi connectivity index (χ2v) is 7.88. The van der Waals surface area contributed by atoms with Crippen molar-refractivity contribution < 1.29 is 14.3 Å². The minimum atomic E-state index is -0.414. The Labute approximate surface area is 195 Å². The molecule has 0 radical (unpaired) electrons. The molecule has 1 aromatic heterocycles. The summed E-state index contributed by atoms with van der Waals surface area (Å²) in [6.07, 6.45) is 10.7. The highest BCUT2D eigenvalue weighted by Crippen LogP contribution is 2.26. The number of azo groups is 1. The molecule has 1 heterocycles. The van der Waals surface area contributed by atoms with E-state index in [2.05, 4.69) is 22.1 Å². The second kappa shape index (κ2) is 13.1. The number of aromatic nitrogens is 1. The molecule has 172 valence electrons. The molecule has 0 bridgehead atoms. The SMILES string of the molecule is CCCCCCCCOc1ccc(C(=O)Oc2ccc(N=Nc3ccncc3)c(C)c2)cc1. The van der Waals surface area contributed by atoms with E-state index in [1.807, 2.05) is 19.1 Å². The summed E-state index contributed by atoms with van der Waals surface area (Å²) in [5, 5.41) is 8.45. The predicted molar refractivity (Wildman–Crippen MR) is 130 cm³/mol. The Balaban J connectivity index is 1.48. The lowest BCUT2D eigenvalue weighted by atomic mass is 10.1. The predicted octanol–water partition coefficient (Wildman–Crippen LogP) is 7.76. The molecule has 3 aromatic rings. The zero-order valence-electron chi connectivity index (χ0n) is 19.4. The van der Waals surface area contributed by atoms with Crippen LogP contribution in [0, 0.1) is 6.92 Å². The first-order valence-electron chi connectivity index (χ1n) is 11.5. The Kier molecular flexibility index (Phi) is 9.58. The Morgan fingerprint density at radius 1 is 0.848 bits per heavy atom. The van der Waals surface area contributed by atoms with E-state index < -0.39 is 5.97 Å². The van der Waals surface area contributed by atoms with E-state index in [1.54, 1.807) is 54.9 Å². The lowest BCUT2D eigenvalue weighted by molar-refractivity contribution is 0.0734. The molecule has 0 saturated heterocycles. The van der Waals surface area contributed by atoms with Crippen LogP contribution in [0.25, 0.3) is 0 Å². The van der Waals surface area contributed by atoms with Crippen molar-refractivity contribution in [3.05, 3.63) is 78.1 Å². The first kappa shape index (κ1) is 24.1. The molecule has 0 atom stereocenters. The van der Waals surface area contributed by atoms with Gasteiger partial charge in [-0.25, -0.2) is 4.79 Å². The fourth-order valence-electron chi connectivity index (χ4n) is 3.25. The smallest absolute Gasteiger partial charge is 0.343 e. The normalized spacial score (nSPS) is 11.0. The molecule has 2 aromatic carbocycles. The molecule has 6 nitrogen and oxygen atoms in total. The lowest BCUT2D eigenvalue weighted by Gasteiger charge is -2.08. The Morgan fingerprint density at radius 3 is 2.27 bits per heavy atom. The van der Waals surface area contributed by atoms with Crippen molar-refractivity contribution in [2.75, 3.05) is 6.61 Å². The summed E-state index contributed by atoms with van der Waals surface area (Å²) in [5.41, 5.74) is 2.76. The van der Waals surface area contributed by atoms with E-state index in [9.17, 15) is 4.79 Å². The minimum Gasteiger partial charge on any atom is -0.494 e. The number of carbonyl (C=O) groups excluding carboxylic acids is 1. The molecule has 0 saturated carbocycles. The molecule has 0 spiro atoms. The van der Waals surface area contributed by atoms with Gasteiger partial charge in [0.05, 0.1) is 23.5 Å². The number of ether oxygens (including phenoxy) is 2. The third kappa shape index (κ3) is 8.15. The molecule has 0 fully saturated rings. The minimum absolute atomic E-state index is 0.414. The van der Waals surface area contributed by atoms with E-state index in [-0.39, 0.29) is 0 Å². The van der Waals surface area contributed by atoms with Crippen molar-refractivity contribution >= 4 is 17.3 Å². The van der Waals surface area contributed by atoms with Crippen LogP contribution in [0.2, 0.25) is 0 Å². The van der Waals surface area contributed by atoms with E-state index in [4.69, 9.17) is 9.47 Å². The zero-order valence-corrected chi connectivity index (χ0v) is 19.4. The third-order valence-corrected chi connectivity index (χ3v) is 5.17. The molecule has 33 heavy (non-hydrogen) atoms. The molecule has 0 amide bonds. The summed E-state index contributed by atoms with van der Waals surface area (Å²) < 4.78 is 11.3. The van der Waals surface area contributed by atoms with Gasteiger partial charge in [-0.3, -0.25) is 4.98 Å². The first-order valence-corrected chi connectivity index (χ1v) is 11.5. The van der Waals surface area contributed by atoms with Gasteiger partial charge in [0, 0.05) is 12.4 Å². The molecule has 0 aliphatic rings. The van der Waals surface area contributed by atoms with Crippen LogP contribution in [0.15, 0.2) is 77.2 Å². The molecule has 3 rings (SSSR count). The number of hydrogen-bond donors (Lipinski definition) is 0. The monoisotopic (exact) mass is 445 g/mol. The summed E-state index contributed by atoms with van der Waals surface area (Å²) in [6.45, 7) is 4.81. The van der Waals surface area contributed by atoms with Gasteiger partial charge in [0.15, 0.2) is 0 Å². The van der Waals surface area contributed by atoms with Crippen LogP contribution in [0.4, 0.5) is 11.4 Å². The van der Waals surface area contributed by atoms with Crippen molar-refractivity contribution in [3.8, 4) is 11.5 Å². The number of pyridine rings is 1.